The van der Waals surface area contributed by atoms with Crippen LogP contribution in [0.4, 0.5) is 0 Å². The van der Waals surface area contributed by atoms with E-state index in [2.05, 4.69) is 17.1 Å². The van der Waals surface area contributed by atoms with Crippen molar-refractivity contribution in [1.29, 1.82) is 0 Å². The molecule has 0 aliphatic carbocycles. The zero-order valence-electron chi connectivity index (χ0n) is 9.95. The minimum Gasteiger partial charge on any atom is -0.465 e. The first-order valence-electron chi connectivity index (χ1n) is 5.87. The van der Waals surface area contributed by atoms with Gasteiger partial charge in [0.1, 0.15) is 6.04 Å². The zero-order valence-corrected chi connectivity index (χ0v) is 9.95. The number of hydrogen-bond donors (Lipinski definition) is 1. The molecule has 1 fully saturated rings. The van der Waals surface area contributed by atoms with Crippen LogP contribution in [0.3, 0.4) is 0 Å². The SMILES string of the molecule is CCOC(=O)C(CC)N(CC)C1CNC1. The average Bonchev–Trinajstić information content (AvgIpc) is 2.15. The van der Waals surface area contributed by atoms with Crippen LogP contribution in [0, 0.1) is 0 Å². The maximum Gasteiger partial charge on any atom is 0.323 e. The standard InChI is InChI=1S/C11H22N2O2/c1-4-10(11(14)15-6-3)13(5-2)9-7-12-8-9/h9-10,12H,4-8H2,1-3H3. The smallest absolute Gasteiger partial charge is 0.323 e. The van der Waals surface area contributed by atoms with Crippen molar-refractivity contribution in [3.8, 4) is 0 Å². The molecule has 1 unspecified atom stereocenters. The van der Waals surface area contributed by atoms with Crippen molar-refractivity contribution in [2.45, 2.75) is 39.3 Å². The number of hydrogen-bond acceptors (Lipinski definition) is 4. The Hall–Kier alpha value is -0.610. The summed E-state index contributed by atoms with van der Waals surface area (Å²) in [7, 11) is 0. The number of rotatable bonds is 6. The van der Waals surface area contributed by atoms with Crippen molar-refractivity contribution in [2.75, 3.05) is 26.2 Å². The van der Waals surface area contributed by atoms with Gasteiger partial charge in [-0.25, -0.2) is 0 Å². The molecule has 0 amide bonds. The van der Waals surface area contributed by atoms with Crippen molar-refractivity contribution in [3.63, 3.8) is 0 Å². The summed E-state index contributed by atoms with van der Waals surface area (Å²) in [4.78, 5) is 14.0. The summed E-state index contributed by atoms with van der Waals surface area (Å²) < 4.78 is 5.10. The molecule has 1 heterocycles. The Labute approximate surface area is 92.0 Å². The molecule has 15 heavy (non-hydrogen) atoms. The molecule has 1 saturated heterocycles. The number of nitrogens with one attached hydrogen (secondary N) is 1. The fourth-order valence-corrected chi connectivity index (χ4v) is 2.02. The number of likely N-dealkylation sites (N-methyl/N-ethyl adjacent to an activating group) is 1. The summed E-state index contributed by atoms with van der Waals surface area (Å²) >= 11 is 0. The highest BCUT2D eigenvalue weighted by Gasteiger charge is 2.32. The molecule has 0 aromatic rings. The first-order valence-corrected chi connectivity index (χ1v) is 5.87. The van der Waals surface area contributed by atoms with Gasteiger partial charge in [-0.15, -0.1) is 0 Å². The molecule has 0 aromatic carbocycles. The van der Waals surface area contributed by atoms with E-state index >= 15 is 0 Å². The first-order chi connectivity index (χ1) is 7.24. The number of carbonyl (C=O) groups is 1. The highest BCUT2D eigenvalue weighted by atomic mass is 16.5. The fraction of sp³-hybridized carbons (Fsp3) is 0.909. The number of esters is 1. The summed E-state index contributed by atoms with van der Waals surface area (Å²) in [6.07, 6.45) is 0.823. The molecular formula is C11H22N2O2. The Morgan fingerprint density at radius 1 is 1.47 bits per heavy atom. The maximum atomic E-state index is 11.7. The van der Waals surface area contributed by atoms with Crippen LogP contribution in [0.1, 0.15) is 27.2 Å². The molecule has 1 N–H and O–H groups in total. The van der Waals surface area contributed by atoms with Gasteiger partial charge < -0.3 is 10.1 Å². The second kappa shape index (κ2) is 6.08. The summed E-state index contributed by atoms with van der Waals surface area (Å²) in [5, 5.41) is 3.23. The van der Waals surface area contributed by atoms with Crippen molar-refractivity contribution in [3.05, 3.63) is 0 Å². The van der Waals surface area contributed by atoms with Crippen LogP contribution >= 0.6 is 0 Å². The largest absolute Gasteiger partial charge is 0.465 e. The monoisotopic (exact) mass is 214 g/mol. The summed E-state index contributed by atoms with van der Waals surface area (Å²) in [6, 6.07) is 0.436. The molecule has 0 bridgehead atoms. The lowest BCUT2D eigenvalue weighted by Gasteiger charge is -2.41. The zero-order chi connectivity index (χ0) is 11.3. The van der Waals surface area contributed by atoms with Gasteiger partial charge in [-0.3, -0.25) is 9.69 Å². The maximum absolute atomic E-state index is 11.7. The third kappa shape index (κ3) is 2.92. The normalized spacial score (nSPS) is 18.7. The second-order valence-electron chi connectivity index (χ2n) is 3.82. The van der Waals surface area contributed by atoms with Gasteiger partial charge in [-0.1, -0.05) is 13.8 Å². The topological polar surface area (TPSA) is 41.6 Å². The van der Waals surface area contributed by atoms with Gasteiger partial charge in [0.2, 0.25) is 0 Å². The van der Waals surface area contributed by atoms with Crippen LogP contribution in [0.25, 0.3) is 0 Å². The molecular weight excluding hydrogens is 192 g/mol. The van der Waals surface area contributed by atoms with Gasteiger partial charge in [0, 0.05) is 19.1 Å². The Morgan fingerprint density at radius 2 is 2.13 bits per heavy atom. The van der Waals surface area contributed by atoms with Crippen LogP contribution in [-0.2, 0) is 9.53 Å². The Balaban J connectivity index is 2.56. The molecule has 88 valence electrons. The van der Waals surface area contributed by atoms with Crippen molar-refractivity contribution < 1.29 is 9.53 Å². The molecule has 4 heteroatoms. The fourth-order valence-electron chi connectivity index (χ4n) is 2.02. The Bertz CT molecular complexity index is 205. The molecule has 0 radical (unpaired) electrons. The van der Waals surface area contributed by atoms with E-state index < -0.39 is 0 Å². The molecule has 1 atom stereocenters. The van der Waals surface area contributed by atoms with E-state index in [1.807, 2.05) is 13.8 Å². The molecule has 1 aliphatic rings. The van der Waals surface area contributed by atoms with Gasteiger partial charge in [0.05, 0.1) is 6.61 Å². The number of nitrogens with zero attached hydrogens (tertiary/aromatic N) is 1. The van der Waals surface area contributed by atoms with Crippen LogP contribution in [0.5, 0.6) is 0 Å². The van der Waals surface area contributed by atoms with E-state index in [-0.39, 0.29) is 12.0 Å². The lowest BCUT2D eigenvalue weighted by molar-refractivity contribution is -0.151. The average molecular weight is 214 g/mol. The second-order valence-corrected chi connectivity index (χ2v) is 3.82. The van der Waals surface area contributed by atoms with Crippen LogP contribution < -0.4 is 5.32 Å². The quantitative estimate of drug-likeness (QED) is 0.658. The van der Waals surface area contributed by atoms with Crippen molar-refractivity contribution in [1.82, 2.24) is 10.2 Å². The molecule has 0 aromatic heterocycles. The minimum atomic E-state index is -0.0752. The van der Waals surface area contributed by atoms with Gasteiger partial charge >= 0.3 is 5.97 Å². The van der Waals surface area contributed by atoms with Crippen LogP contribution in [-0.4, -0.2) is 49.2 Å². The predicted octanol–water partition coefficient (Wildman–Crippen LogP) is 0.622. The van der Waals surface area contributed by atoms with E-state index in [0.717, 1.165) is 26.1 Å². The Morgan fingerprint density at radius 3 is 2.47 bits per heavy atom. The van der Waals surface area contributed by atoms with Gasteiger partial charge in [-0.05, 0) is 19.9 Å². The van der Waals surface area contributed by atoms with Gasteiger partial charge in [0.25, 0.3) is 0 Å². The lowest BCUT2D eigenvalue weighted by atomic mass is 10.1. The van der Waals surface area contributed by atoms with Gasteiger partial charge in [-0.2, -0.15) is 0 Å². The molecule has 0 spiro atoms. The van der Waals surface area contributed by atoms with E-state index in [0.29, 0.717) is 12.6 Å². The van der Waals surface area contributed by atoms with Crippen molar-refractivity contribution in [2.24, 2.45) is 0 Å². The molecule has 4 nitrogen and oxygen atoms in total. The third-order valence-electron chi connectivity index (χ3n) is 2.94. The predicted molar refractivity (Wildman–Crippen MR) is 59.7 cm³/mol. The van der Waals surface area contributed by atoms with Crippen LogP contribution in [0.2, 0.25) is 0 Å². The summed E-state index contributed by atoms with van der Waals surface area (Å²) in [6.45, 7) is 9.34. The Kier molecular flexibility index (Phi) is 5.05. The lowest BCUT2D eigenvalue weighted by Crippen LogP contribution is -2.61. The molecule has 1 rings (SSSR count). The van der Waals surface area contributed by atoms with E-state index in [9.17, 15) is 4.79 Å². The highest BCUT2D eigenvalue weighted by Crippen LogP contribution is 2.13. The minimum absolute atomic E-state index is 0.0675. The molecule has 0 saturated carbocycles. The third-order valence-corrected chi connectivity index (χ3v) is 2.94. The highest BCUT2D eigenvalue weighted by molar-refractivity contribution is 5.75. The molecule has 1 aliphatic heterocycles. The van der Waals surface area contributed by atoms with Crippen molar-refractivity contribution >= 4 is 5.97 Å². The van der Waals surface area contributed by atoms with E-state index in [4.69, 9.17) is 4.74 Å². The number of carbonyl (C=O) groups excluding carboxylic acids is 1. The summed E-state index contributed by atoms with van der Waals surface area (Å²) in [5.74, 6) is -0.0752. The van der Waals surface area contributed by atoms with Crippen LogP contribution in [0.15, 0.2) is 0 Å². The summed E-state index contributed by atoms with van der Waals surface area (Å²) in [5.41, 5.74) is 0. The van der Waals surface area contributed by atoms with Gasteiger partial charge in [0.15, 0.2) is 0 Å². The van der Waals surface area contributed by atoms with E-state index in [1.54, 1.807) is 0 Å². The van der Waals surface area contributed by atoms with E-state index in [1.165, 1.54) is 0 Å². The number of ether oxygens (including phenoxy) is 1. The first kappa shape index (κ1) is 12.5.